The number of amides is 1. The zero-order valence-electron chi connectivity index (χ0n) is 12.4. The number of hydrogen-bond donors (Lipinski definition) is 1. The van der Waals surface area contributed by atoms with Crippen LogP contribution in [0.25, 0.3) is 11.5 Å². The first-order valence-electron chi connectivity index (χ1n) is 7.09. The molecule has 0 aliphatic heterocycles. The lowest BCUT2D eigenvalue weighted by Crippen LogP contribution is -2.26. The van der Waals surface area contributed by atoms with Crippen LogP contribution in [0, 0.1) is 0 Å². The van der Waals surface area contributed by atoms with E-state index in [2.05, 4.69) is 15.5 Å². The van der Waals surface area contributed by atoms with Crippen molar-refractivity contribution < 1.29 is 9.21 Å². The van der Waals surface area contributed by atoms with E-state index >= 15 is 0 Å². The Kier molecular flexibility index (Phi) is 4.39. The molecule has 1 N–H and O–H groups in total. The number of halogens is 1. The lowest BCUT2D eigenvalue weighted by molar-refractivity contribution is 0.0905. The SMILES string of the molecule is CC(NC(=O)c1nnc(-c2ccc(Cl)cc2)o1)c1ccccc1. The third-order valence-electron chi connectivity index (χ3n) is 3.36. The minimum atomic E-state index is -0.408. The van der Waals surface area contributed by atoms with Crippen LogP contribution >= 0.6 is 11.6 Å². The van der Waals surface area contributed by atoms with Gasteiger partial charge >= 0.3 is 11.8 Å². The molecule has 1 aromatic heterocycles. The Morgan fingerprint density at radius 2 is 1.78 bits per heavy atom. The fraction of sp³-hybridized carbons (Fsp3) is 0.118. The number of carbonyl (C=O) groups excluding carboxylic acids is 1. The first-order valence-corrected chi connectivity index (χ1v) is 7.46. The van der Waals surface area contributed by atoms with Crippen LogP contribution in [0.3, 0.4) is 0 Å². The fourth-order valence-electron chi connectivity index (χ4n) is 2.11. The minimum absolute atomic E-state index is 0.0715. The summed E-state index contributed by atoms with van der Waals surface area (Å²) in [4.78, 5) is 12.2. The van der Waals surface area contributed by atoms with Crippen LogP contribution in [0.4, 0.5) is 0 Å². The van der Waals surface area contributed by atoms with Crippen LogP contribution < -0.4 is 5.32 Å². The van der Waals surface area contributed by atoms with Gasteiger partial charge in [0.15, 0.2) is 0 Å². The van der Waals surface area contributed by atoms with E-state index in [0.717, 1.165) is 5.56 Å². The lowest BCUT2D eigenvalue weighted by Gasteiger charge is -2.12. The highest BCUT2D eigenvalue weighted by atomic mass is 35.5. The summed E-state index contributed by atoms with van der Waals surface area (Å²) in [5.41, 5.74) is 1.70. The Hall–Kier alpha value is -2.66. The molecule has 0 saturated heterocycles. The zero-order chi connectivity index (χ0) is 16.2. The Morgan fingerprint density at radius 1 is 1.09 bits per heavy atom. The van der Waals surface area contributed by atoms with Crippen molar-refractivity contribution in [1.29, 1.82) is 0 Å². The molecule has 0 fully saturated rings. The maximum absolute atomic E-state index is 12.2. The molecule has 1 unspecified atom stereocenters. The summed E-state index contributed by atoms with van der Waals surface area (Å²) in [6, 6.07) is 16.4. The first-order chi connectivity index (χ1) is 11.1. The average Bonchev–Trinajstić information content (AvgIpc) is 3.06. The van der Waals surface area contributed by atoms with Crippen LogP contribution in [0.5, 0.6) is 0 Å². The van der Waals surface area contributed by atoms with Crippen LogP contribution in [0.1, 0.15) is 29.2 Å². The van der Waals surface area contributed by atoms with Gasteiger partial charge in [0, 0.05) is 10.6 Å². The van der Waals surface area contributed by atoms with Gasteiger partial charge in [0.05, 0.1) is 6.04 Å². The van der Waals surface area contributed by atoms with Crippen LogP contribution in [0.2, 0.25) is 5.02 Å². The summed E-state index contributed by atoms with van der Waals surface area (Å²) in [5, 5.41) is 11.1. The molecule has 0 bridgehead atoms. The standard InChI is InChI=1S/C17H14ClN3O2/c1-11(12-5-3-2-4-6-12)19-15(22)17-21-20-16(23-17)13-7-9-14(18)10-8-13/h2-11H,1H3,(H,19,22). The summed E-state index contributed by atoms with van der Waals surface area (Å²) in [6.07, 6.45) is 0. The van der Waals surface area contributed by atoms with E-state index < -0.39 is 5.91 Å². The molecule has 0 saturated carbocycles. The monoisotopic (exact) mass is 327 g/mol. The molecule has 1 amide bonds. The molecule has 0 aliphatic rings. The highest BCUT2D eigenvalue weighted by molar-refractivity contribution is 6.30. The van der Waals surface area contributed by atoms with Crippen molar-refractivity contribution in [2.75, 3.05) is 0 Å². The zero-order valence-corrected chi connectivity index (χ0v) is 13.1. The smallest absolute Gasteiger partial charge is 0.309 e. The van der Waals surface area contributed by atoms with Crippen molar-refractivity contribution >= 4 is 17.5 Å². The largest absolute Gasteiger partial charge is 0.412 e. The van der Waals surface area contributed by atoms with Crippen molar-refractivity contribution in [2.24, 2.45) is 0 Å². The van der Waals surface area contributed by atoms with E-state index in [-0.39, 0.29) is 17.8 Å². The van der Waals surface area contributed by atoms with E-state index in [1.54, 1.807) is 24.3 Å². The number of carbonyl (C=O) groups is 1. The highest BCUT2D eigenvalue weighted by Gasteiger charge is 2.18. The Balaban J connectivity index is 1.72. The van der Waals surface area contributed by atoms with Gasteiger partial charge in [-0.05, 0) is 36.8 Å². The maximum atomic E-state index is 12.2. The second-order valence-corrected chi connectivity index (χ2v) is 5.46. The normalized spacial score (nSPS) is 11.9. The van der Waals surface area contributed by atoms with Crippen LogP contribution in [-0.2, 0) is 0 Å². The summed E-state index contributed by atoms with van der Waals surface area (Å²) in [7, 11) is 0. The van der Waals surface area contributed by atoms with Gasteiger partial charge in [0.25, 0.3) is 0 Å². The van der Waals surface area contributed by atoms with Crippen molar-refractivity contribution in [3.63, 3.8) is 0 Å². The van der Waals surface area contributed by atoms with Gasteiger partial charge < -0.3 is 9.73 Å². The molecule has 1 atom stereocenters. The molecule has 3 rings (SSSR count). The topological polar surface area (TPSA) is 68.0 Å². The fourth-order valence-corrected chi connectivity index (χ4v) is 2.23. The Morgan fingerprint density at radius 3 is 2.48 bits per heavy atom. The molecule has 2 aromatic carbocycles. The van der Waals surface area contributed by atoms with Crippen LogP contribution in [0.15, 0.2) is 59.0 Å². The molecule has 5 nitrogen and oxygen atoms in total. The van der Waals surface area contributed by atoms with Crippen LogP contribution in [-0.4, -0.2) is 16.1 Å². The number of nitrogens with one attached hydrogen (secondary N) is 1. The predicted molar refractivity (Wildman–Crippen MR) is 87.1 cm³/mol. The lowest BCUT2D eigenvalue weighted by atomic mass is 10.1. The van der Waals surface area contributed by atoms with E-state index in [4.69, 9.17) is 16.0 Å². The van der Waals surface area contributed by atoms with E-state index in [1.807, 2.05) is 37.3 Å². The summed E-state index contributed by atoms with van der Waals surface area (Å²) < 4.78 is 5.43. The van der Waals surface area contributed by atoms with E-state index in [9.17, 15) is 4.79 Å². The molecule has 6 heteroatoms. The number of aromatic nitrogens is 2. The van der Waals surface area contributed by atoms with Gasteiger partial charge in [-0.1, -0.05) is 41.9 Å². The number of hydrogen-bond acceptors (Lipinski definition) is 4. The maximum Gasteiger partial charge on any atom is 0.309 e. The van der Waals surface area contributed by atoms with Crippen molar-refractivity contribution in [1.82, 2.24) is 15.5 Å². The summed E-state index contributed by atoms with van der Waals surface area (Å²) in [5.74, 6) is -0.203. The van der Waals surface area contributed by atoms with E-state index in [1.165, 1.54) is 0 Å². The number of benzene rings is 2. The van der Waals surface area contributed by atoms with Gasteiger partial charge in [0.1, 0.15) is 0 Å². The third-order valence-corrected chi connectivity index (χ3v) is 3.61. The molecule has 0 spiro atoms. The van der Waals surface area contributed by atoms with Crippen molar-refractivity contribution in [3.05, 3.63) is 71.1 Å². The highest BCUT2D eigenvalue weighted by Crippen LogP contribution is 2.20. The first kappa shape index (κ1) is 15.2. The van der Waals surface area contributed by atoms with E-state index in [0.29, 0.717) is 10.6 Å². The molecule has 3 aromatic rings. The predicted octanol–water partition coefficient (Wildman–Crippen LogP) is 3.88. The Bertz CT molecular complexity index is 800. The second-order valence-electron chi connectivity index (χ2n) is 5.03. The number of nitrogens with zero attached hydrogens (tertiary/aromatic N) is 2. The third kappa shape index (κ3) is 3.57. The van der Waals surface area contributed by atoms with Gasteiger partial charge in [-0.25, -0.2) is 0 Å². The average molecular weight is 328 g/mol. The molecule has 0 radical (unpaired) electrons. The van der Waals surface area contributed by atoms with Gasteiger partial charge in [0.2, 0.25) is 5.89 Å². The second kappa shape index (κ2) is 6.62. The Labute approximate surface area is 138 Å². The molecule has 23 heavy (non-hydrogen) atoms. The van der Waals surface area contributed by atoms with Gasteiger partial charge in [-0.3, -0.25) is 4.79 Å². The molecular weight excluding hydrogens is 314 g/mol. The molecule has 0 aliphatic carbocycles. The quantitative estimate of drug-likeness (QED) is 0.789. The number of rotatable bonds is 4. The van der Waals surface area contributed by atoms with Crippen molar-refractivity contribution in [2.45, 2.75) is 13.0 Å². The minimum Gasteiger partial charge on any atom is -0.412 e. The molecular formula is C17H14ClN3O2. The van der Waals surface area contributed by atoms with Gasteiger partial charge in [-0.15, -0.1) is 10.2 Å². The molecule has 116 valence electrons. The summed E-state index contributed by atoms with van der Waals surface area (Å²) >= 11 is 5.84. The molecule has 1 heterocycles. The summed E-state index contributed by atoms with van der Waals surface area (Å²) in [6.45, 7) is 1.89. The van der Waals surface area contributed by atoms with Crippen molar-refractivity contribution in [3.8, 4) is 11.5 Å². The van der Waals surface area contributed by atoms with Gasteiger partial charge in [-0.2, -0.15) is 0 Å².